The molecule has 1 aromatic heterocycles. The number of nitrogens with one attached hydrogen (secondary N) is 2. The Morgan fingerprint density at radius 3 is 2.72 bits per heavy atom. The maximum absolute atomic E-state index is 12.5. The van der Waals surface area contributed by atoms with Gasteiger partial charge in [0.1, 0.15) is 0 Å². The second-order valence-electron chi connectivity index (χ2n) is 5.61. The van der Waals surface area contributed by atoms with Crippen LogP contribution in [0.25, 0.3) is 10.9 Å². The smallest absolute Gasteiger partial charge is 0.322 e. The van der Waals surface area contributed by atoms with Gasteiger partial charge in [0.25, 0.3) is 11.5 Å². The van der Waals surface area contributed by atoms with Crippen LogP contribution in [0.3, 0.4) is 0 Å². The van der Waals surface area contributed by atoms with Crippen molar-refractivity contribution in [1.29, 1.82) is 0 Å². The minimum Gasteiger partial charge on any atom is -0.322 e. The number of carbonyl (C=O) groups excluding carboxylic acids is 1. The molecule has 0 saturated heterocycles. The molecule has 25 heavy (non-hydrogen) atoms. The highest BCUT2D eigenvalue weighted by atomic mass is 35.5. The van der Waals surface area contributed by atoms with E-state index in [0.29, 0.717) is 27.2 Å². The third-order valence-corrected chi connectivity index (χ3v) is 4.49. The van der Waals surface area contributed by atoms with Gasteiger partial charge in [0.05, 0.1) is 10.9 Å². The van der Waals surface area contributed by atoms with Crippen molar-refractivity contribution in [1.82, 2.24) is 9.55 Å². The summed E-state index contributed by atoms with van der Waals surface area (Å²) in [5.74, 6) is -0.354. The number of hydrogen-bond acceptors (Lipinski definition) is 3. The first-order valence-corrected chi connectivity index (χ1v) is 8.13. The van der Waals surface area contributed by atoms with Crippen LogP contribution in [0.1, 0.15) is 22.8 Å². The molecule has 0 spiro atoms. The summed E-state index contributed by atoms with van der Waals surface area (Å²) in [6.45, 7) is 3.81. The van der Waals surface area contributed by atoms with Crippen molar-refractivity contribution in [3.63, 3.8) is 0 Å². The van der Waals surface area contributed by atoms with E-state index >= 15 is 0 Å². The molecule has 0 aliphatic rings. The maximum Gasteiger partial charge on any atom is 0.328 e. The summed E-state index contributed by atoms with van der Waals surface area (Å²) in [7, 11) is 0. The van der Waals surface area contributed by atoms with E-state index in [9.17, 15) is 14.4 Å². The molecule has 0 fully saturated rings. The van der Waals surface area contributed by atoms with Gasteiger partial charge in [-0.25, -0.2) is 4.79 Å². The summed E-state index contributed by atoms with van der Waals surface area (Å²) in [5, 5.41) is 3.70. The molecule has 1 amide bonds. The zero-order chi connectivity index (χ0) is 18.1. The quantitative estimate of drug-likeness (QED) is 0.755. The number of aromatic amines is 1. The number of fused-ring (bicyclic) bond motifs is 1. The van der Waals surface area contributed by atoms with E-state index in [1.165, 1.54) is 6.07 Å². The first-order valence-electron chi connectivity index (χ1n) is 7.75. The number of anilines is 1. The third-order valence-electron chi connectivity index (χ3n) is 4.08. The topological polar surface area (TPSA) is 84.0 Å². The molecular weight excluding hydrogens is 342 g/mol. The molecule has 2 N–H and O–H groups in total. The number of benzene rings is 2. The normalized spacial score (nSPS) is 10.8. The first-order chi connectivity index (χ1) is 11.9. The average molecular weight is 358 g/mol. The van der Waals surface area contributed by atoms with Gasteiger partial charge in [-0.3, -0.25) is 14.2 Å². The Balaban J connectivity index is 2.02. The zero-order valence-electron chi connectivity index (χ0n) is 13.7. The van der Waals surface area contributed by atoms with Crippen molar-refractivity contribution in [3.8, 4) is 0 Å². The van der Waals surface area contributed by atoms with Crippen molar-refractivity contribution in [2.24, 2.45) is 0 Å². The van der Waals surface area contributed by atoms with Gasteiger partial charge in [-0.15, -0.1) is 0 Å². The van der Waals surface area contributed by atoms with Gasteiger partial charge in [-0.1, -0.05) is 17.7 Å². The molecule has 128 valence electrons. The number of H-pyrrole nitrogens is 1. The third kappa shape index (κ3) is 3.08. The molecule has 3 aromatic rings. The number of rotatable bonds is 3. The molecule has 6 nitrogen and oxygen atoms in total. The fourth-order valence-corrected chi connectivity index (χ4v) is 2.79. The highest BCUT2D eigenvalue weighted by Gasteiger charge is 2.12. The van der Waals surface area contributed by atoms with Crippen LogP contribution < -0.4 is 16.6 Å². The van der Waals surface area contributed by atoms with Crippen molar-refractivity contribution in [2.45, 2.75) is 20.4 Å². The Morgan fingerprint density at radius 1 is 1.24 bits per heavy atom. The van der Waals surface area contributed by atoms with Crippen molar-refractivity contribution < 1.29 is 4.79 Å². The van der Waals surface area contributed by atoms with Gasteiger partial charge in [0, 0.05) is 22.8 Å². The number of aromatic nitrogens is 2. The highest BCUT2D eigenvalue weighted by molar-refractivity contribution is 6.31. The SMILES string of the molecule is CCn1c(=O)[nH]c2cc(C(=O)Nc3cccc(Cl)c3C)ccc2c1=O. The molecule has 2 aromatic carbocycles. The Morgan fingerprint density at radius 2 is 2.00 bits per heavy atom. The van der Waals surface area contributed by atoms with E-state index in [0.717, 1.165) is 10.1 Å². The van der Waals surface area contributed by atoms with E-state index < -0.39 is 5.69 Å². The number of carbonyl (C=O) groups is 1. The van der Waals surface area contributed by atoms with Crippen molar-refractivity contribution in [2.75, 3.05) is 5.32 Å². The molecule has 0 saturated carbocycles. The fraction of sp³-hybridized carbons (Fsp3) is 0.167. The Labute approximate surface area is 148 Å². The average Bonchev–Trinajstić information content (AvgIpc) is 2.58. The highest BCUT2D eigenvalue weighted by Crippen LogP contribution is 2.23. The molecule has 1 heterocycles. The number of hydrogen-bond donors (Lipinski definition) is 2. The predicted octanol–water partition coefficient (Wildman–Crippen LogP) is 2.92. The summed E-state index contributed by atoms with van der Waals surface area (Å²) < 4.78 is 1.11. The van der Waals surface area contributed by atoms with Crippen LogP contribution in [0.15, 0.2) is 46.0 Å². The fourth-order valence-electron chi connectivity index (χ4n) is 2.62. The molecule has 0 bridgehead atoms. The molecule has 7 heteroatoms. The van der Waals surface area contributed by atoms with Crippen LogP contribution in [0.2, 0.25) is 5.02 Å². The number of amides is 1. The van der Waals surface area contributed by atoms with Crippen LogP contribution >= 0.6 is 11.6 Å². The Hall–Kier alpha value is -2.86. The van der Waals surface area contributed by atoms with Crippen molar-refractivity contribution >= 4 is 34.1 Å². The van der Waals surface area contributed by atoms with Gasteiger partial charge in [-0.2, -0.15) is 0 Å². The van der Waals surface area contributed by atoms with Gasteiger partial charge in [-0.05, 0) is 49.7 Å². The van der Waals surface area contributed by atoms with E-state index in [-0.39, 0.29) is 18.0 Å². The lowest BCUT2D eigenvalue weighted by molar-refractivity contribution is 0.102. The van der Waals surface area contributed by atoms with Crippen LogP contribution in [0, 0.1) is 6.92 Å². The number of halogens is 1. The van der Waals surface area contributed by atoms with E-state index in [1.807, 2.05) is 6.92 Å². The summed E-state index contributed by atoms with van der Waals surface area (Å²) >= 11 is 6.06. The zero-order valence-corrected chi connectivity index (χ0v) is 14.5. The van der Waals surface area contributed by atoms with E-state index in [4.69, 9.17) is 11.6 Å². The van der Waals surface area contributed by atoms with Crippen LogP contribution in [-0.2, 0) is 6.54 Å². The lowest BCUT2D eigenvalue weighted by Gasteiger charge is -2.10. The predicted molar refractivity (Wildman–Crippen MR) is 98.6 cm³/mol. The summed E-state index contributed by atoms with van der Waals surface area (Å²) in [4.78, 5) is 39.3. The van der Waals surface area contributed by atoms with E-state index in [1.54, 1.807) is 37.3 Å². The van der Waals surface area contributed by atoms with E-state index in [2.05, 4.69) is 10.3 Å². The van der Waals surface area contributed by atoms with Gasteiger partial charge >= 0.3 is 5.69 Å². The maximum atomic E-state index is 12.5. The Kier molecular flexibility index (Phi) is 4.46. The minimum absolute atomic E-state index is 0.278. The van der Waals surface area contributed by atoms with Crippen LogP contribution in [0.4, 0.5) is 5.69 Å². The largest absolute Gasteiger partial charge is 0.328 e. The molecule has 0 radical (unpaired) electrons. The molecule has 3 rings (SSSR count). The molecule has 0 unspecified atom stereocenters. The van der Waals surface area contributed by atoms with Gasteiger partial charge in [0.2, 0.25) is 0 Å². The second kappa shape index (κ2) is 6.57. The standard InChI is InChI=1S/C18H16ClN3O3/c1-3-22-17(24)12-8-7-11(9-15(12)21-18(22)25)16(23)20-14-6-4-5-13(19)10(14)2/h4-9H,3H2,1-2H3,(H,20,23)(H,21,25). The monoisotopic (exact) mass is 357 g/mol. The second-order valence-corrected chi connectivity index (χ2v) is 6.01. The molecule has 0 atom stereocenters. The van der Waals surface area contributed by atoms with Crippen molar-refractivity contribution in [3.05, 3.63) is 73.4 Å². The molecule has 0 aliphatic heterocycles. The lowest BCUT2D eigenvalue weighted by Crippen LogP contribution is -2.34. The van der Waals surface area contributed by atoms with Gasteiger partial charge < -0.3 is 10.3 Å². The Bertz CT molecular complexity index is 1100. The summed E-state index contributed by atoms with van der Waals surface area (Å²) in [6.07, 6.45) is 0. The summed E-state index contributed by atoms with van der Waals surface area (Å²) in [6, 6.07) is 9.83. The number of nitrogens with zero attached hydrogens (tertiary/aromatic N) is 1. The van der Waals surface area contributed by atoms with Crippen LogP contribution in [0.5, 0.6) is 0 Å². The van der Waals surface area contributed by atoms with Gasteiger partial charge in [0.15, 0.2) is 0 Å². The summed E-state index contributed by atoms with van der Waals surface area (Å²) in [5.41, 5.74) is 1.15. The molecular formula is C18H16ClN3O3. The lowest BCUT2D eigenvalue weighted by atomic mass is 10.1. The van der Waals surface area contributed by atoms with Crippen LogP contribution in [-0.4, -0.2) is 15.5 Å². The molecule has 0 aliphatic carbocycles. The minimum atomic E-state index is -0.497. The first kappa shape index (κ1) is 17.0.